The molecular weight excluding hydrogens is 362 g/mol. The lowest BCUT2D eigenvalue weighted by Crippen LogP contribution is -2.44. The summed E-state index contributed by atoms with van der Waals surface area (Å²) in [4.78, 5) is 17.5. The van der Waals surface area contributed by atoms with Crippen molar-refractivity contribution in [3.05, 3.63) is 58.8 Å². The Bertz CT molecular complexity index is 990. The molecule has 4 rings (SSSR count). The maximum absolute atomic E-state index is 12.9. The lowest BCUT2D eigenvalue weighted by molar-refractivity contribution is 0.0998. The Morgan fingerprint density at radius 3 is 2.63 bits per heavy atom. The van der Waals surface area contributed by atoms with Gasteiger partial charge in [-0.15, -0.1) is 0 Å². The van der Waals surface area contributed by atoms with Crippen LogP contribution in [-0.4, -0.2) is 44.0 Å². The van der Waals surface area contributed by atoms with E-state index in [0.717, 1.165) is 48.5 Å². The topological polar surface area (TPSA) is 48.7 Å². The number of hydrogen-bond acceptors (Lipinski definition) is 4. The number of benzene rings is 2. The molecule has 1 saturated heterocycles. The number of amides is 1. The standard InChI is InChI=1S/C21H22ClN3O2/c1-14-16-13-15(22)7-8-19(16)27-20(14)21(26)23-17-5-3-4-6-18(17)25-11-9-24(2)10-12-25/h3-8,13H,9-12H2,1-2H3,(H,23,26). The normalized spacial score (nSPS) is 15.3. The van der Waals surface area contributed by atoms with Crippen molar-refractivity contribution in [2.75, 3.05) is 43.4 Å². The maximum Gasteiger partial charge on any atom is 0.291 e. The number of rotatable bonds is 3. The fraction of sp³-hybridized carbons (Fsp3) is 0.286. The van der Waals surface area contributed by atoms with Gasteiger partial charge in [-0.2, -0.15) is 0 Å². The first-order valence-corrected chi connectivity index (χ1v) is 9.43. The van der Waals surface area contributed by atoms with Crippen molar-refractivity contribution in [1.82, 2.24) is 4.90 Å². The van der Waals surface area contributed by atoms with E-state index in [2.05, 4.69) is 22.2 Å². The first kappa shape index (κ1) is 17.9. The van der Waals surface area contributed by atoms with E-state index in [0.29, 0.717) is 16.4 Å². The summed E-state index contributed by atoms with van der Waals surface area (Å²) in [5.74, 6) is 0.0712. The molecule has 0 atom stereocenters. The van der Waals surface area contributed by atoms with E-state index in [-0.39, 0.29) is 5.91 Å². The van der Waals surface area contributed by atoms with Crippen LogP contribution in [0.3, 0.4) is 0 Å². The minimum atomic E-state index is -0.249. The second kappa shape index (κ2) is 7.25. The number of halogens is 1. The minimum Gasteiger partial charge on any atom is -0.451 e. The molecule has 2 aromatic carbocycles. The first-order valence-electron chi connectivity index (χ1n) is 9.05. The SMILES string of the molecule is Cc1c(C(=O)Nc2ccccc2N2CCN(C)CC2)oc2ccc(Cl)cc12. The third kappa shape index (κ3) is 3.53. The van der Waals surface area contributed by atoms with Crippen molar-refractivity contribution in [1.29, 1.82) is 0 Å². The van der Waals surface area contributed by atoms with Crippen LogP contribution in [0.5, 0.6) is 0 Å². The van der Waals surface area contributed by atoms with E-state index in [9.17, 15) is 4.79 Å². The first-order chi connectivity index (χ1) is 13.0. The van der Waals surface area contributed by atoms with E-state index < -0.39 is 0 Å². The summed E-state index contributed by atoms with van der Waals surface area (Å²) < 4.78 is 5.80. The van der Waals surface area contributed by atoms with Crippen molar-refractivity contribution < 1.29 is 9.21 Å². The highest BCUT2D eigenvalue weighted by Crippen LogP contribution is 2.30. The number of carbonyl (C=O) groups is 1. The van der Waals surface area contributed by atoms with Gasteiger partial charge in [0.2, 0.25) is 0 Å². The number of nitrogens with one attached hydrogen (secondary N) is 1. The van der Waals surface area contributed by atoms with Crippen LogP contribution in [0.2, 0.25) is 5.02 Å². The zero-order valence-electron chi connectivity index (χ0n) is 15.5. The summed E-state index contributed by atoms with van der Waals surface area (Å²) in [6.45, 7) is 5.76. The average molecular weight is 384 g/mol. The predicted octanol–water partition coefficient (Wildman–Crippen LogP) is 4.40. The van der Waals surface area contributed by atoms with E-state index in [1.807, 2.05) is 37.3 Å². The minimum absolute atomic E-state index is 0.249. The van der Waals surface area contributed by atoms with Crippen LogP contribution in [0, 0.1) is 6.92 Å². The maximum atomic E-state index is 12.9. The average Bonchev–Trinajstić information content (AvgIpc) is 2.99. The second-order valence-corrected chi connectivity index (χ2v) is 7.39. The quantitative estimate of drug-likeness (QED) is 0.728. The molecule has 0 spiro atoms. The van der Waals surface area contributed by atoms with Gasteiger partial charge in [-0.25, -0.2) is 0 Å². The zero-order valence-corrected chi connectivity index (χ0v) is 16.2. The highest BCUT2D eigenvalue weighted by atomic mass is 35.5. The number of anilines is 2. The largest absolute Gasteiger partial charge is 0.451 e. The Labute approximate surface area is 163 Å². The zero-order chi connectivity index (χ0) is 19.0. The predicted molar refractivity (Wildman–Crippen MR) is 110 cm³/mol. The number of furan rings is 1. The van der Waals surface area contributed by atoms with Crippen molar-refractivity contribution >= 4 is 39.9 Å². The van der Waals surface area contributed by atoms with Crippen molar-refractivity contribution in [3.63, 3.8) is 0 Å². The lowest BCUT2D eigenvalue weighted by Gasteiger charge is -2.35. The van der Waals surface area contributed by atoms with Gasteiger partial charge in [-0.1, -0.05) is 23.7 Å². The molecule has 5 nitrogen and oxygen atoms in total. The van der Waals surface area contributed by atoms with Crippen LogP contribution in [0.4, 0.5) is 11.4 Å². The van der Waals surface area contributed by atoms with Gasteiger partial charge < -0.3 is 19.5 Å². The Balaban J connectivity index is 1.61. The van der Waals surface area contributed by atoms with Crippen LogP contribution in [0.15, 0.2) is 46.9 Å². The molecule has 1 aromatic heterocycles. The second-order valence-electron chi connectivity index (χ2n) is 6.96. The Kier molecular flexibility index (Phi) is 4.81. The van der Waals surface area contributed by atoms with Gasteiger partial charge in [-0.05, 0) is 44.3 Å². The van der Waals surface area contributed by atoms with Gasteiger partial charge in [0.05, 0.1) is 11.4 Å². The summed E-state index contributed by atoms with van der Waals surface area (Å²) in [5, 5.41) is 4.52. The molecule has 0 radical (unpaired) electrons. The van der Waals surface area contributed by atoms with Gasteiger partial charge in [0.1, 0.15) is 5.58 Å². The molecular formula is C21H22ClN3O2. The van der Waals surface area contributed by atoms with Crippen molar-refractivity contribution in [2.45, 2.75) is 6.92 Å². The molecule has 1 amide bonds. The molecule has 1 aliphatic rings. The van der Waals surface area contributed by atoms with Gasteiger partial charge in [0, 0.05) is 42.2 Å². The molecule has 0 bridgehead atoms. The summed E-state index contributed by atoms with van der Waals surface area (Å²) in [5.41, 5.74) is 3.29. The summed E-state index contributed by atoms with van der Waals surface area (Å²) in [6.07, 6.45) is 0. The molecule has 140 valence electrons. The Morgan fingerprint density at radius 1 is 1.11 bits per heavy atom. The monoisotopic (exact) mass is 383 g/mol. The third-order valence-electron chi connectivity index (χ3n) is 5.10. The molecule has 1 fully saturated rings. The molecule has 0 unspecified atom stereocenters. The number of carbonyl (C=O) groups excluding carboxylic acids is 1. The van der Waals surface area contributed by atoms with Gasteiger partial charge in [-0.3, -0.25) is 4.79 Å². The molecule has 2 heterocycles. The molecule has 1 aliphatic heterocycles. The lowest BCUT2D eigenvalue weighted by atomic mass is 10.1. The smallest absolute Gasteiger partial charge is 0.291 e. The van der Waals surface area contributed by atoms with E-state index in [4.69, 9.17) is 16.0 Å². The van der Waals surface area contributed by atoms with E-state index >= 15 is 0 Å². The number of fused-ring (bicyclic) bond motifs is 1. The molecule has 27 heavy (non-hydrogen) atoms. The van der Waals surface area contributed by atoms with Crippen LogP contribution < -0.4 is 10.2 Å². The fourth-order valence-corrected chi connectivity index (χ4v) is 3.66. The van der Waals surface area contributed by atoms with Crippen molar-refractivity contribution in [2.24, 2.45) is 0 Å². The molecule has 3 aromatic rings. The van der Waals surface area contributed by atoms with E-state index in [1.54, 1.807) is 12.1 Å². The Morgan fingerprint density at radius 2 is 1.85 bits per heavy atom. The Hall–Kier alpha value is -2.50. The molecule has 0 saturated carbocycles. The summed E-state index contributed by atoms with van der Waals surface area (Å²) in [6, 6.07) is 13.3. The van der Waals surface area contributed by atoms with Crippen LogP contribution in [0.1, 0.15) is 16.1 Å². The van der Waals surface area contributed by atoms with Gasteiger partial charge >= 0.3 is 0 Å². The highest BCUT2D eigenvalue weighted by Gasteiger charge is 2.21. The van der Waals surface area contributed by atoms with Crippen LogP contribution in [-0.2, 0) is 0 Å². The van der Waals surface area contributed by atoms with Crippen molar-refractivity contribution in [3.8, 4) is 0 Å². The molecule has 1 N–H and O–H groups in total. The summed E-state index contributed by atoms with van der Waals surface area (Å²) in [7, 11) is 2.13. The highest BCUT2D eigenvalue weighted by molar-refractivity contribution is 6.31. The number of para-hydroxylation sites is 2. The van der Waals surface area contributed by atoms with Crippen LogP contribution >= 0.6 is 11.6 Å². The number of likely N-dealkylation sites (N-methyl/N-ethyl adjacent to an activating group) is 1. The number of nitrogens with zero attached hydrogens (tertiary/aromatic N) is 2. The molecule has 0 aliphatic carbocycles. The number of aryl methyl sites for hydroxylation is 1. The van der Waals surface area contributed by atoms with E-state index in [1.165, 1.54) is 0 Å². The number of piperazine rings is 1. The third-order valence-corrected chi connectivity index (χ3v) is 5.34. The van der Waals surface area contributed by atoms with Gasteiger partial charge in [0.25, 0.3) is 5.91 Å². The van der Waals surface area contributed by atoms with Gasteiger partial charge in [0.15, 0.2) is 5.76 Å². The summed E-state index contributed by atoms with van der Waals surface area (Å²) >= 11 is 6.08. The molecule has 6 heteroatoms. The number of hydrogen-bond donors (Lipinski definition) is 1. The van der Waals surface area contributed by atoms with Crippen LogP contribution in [0.25, 0.3) is 11.0 Å². The fourth-order valence-electron chi connectivity index (χ4n) is 3.49.